The normalized spacial score (nSPS) is 11.9. The van der Waals surface area contributed by atoms with E-state index in [0.717, 1.165) is 11.4 Å². The van der Waals surface area contributed by atoms with Crippen molar-refractivity contribution in [1.29, 1.82) is 0 Å². The highest BCUT2D eigenvalue weighted by Gasteiger charge is 2.27. The largest absolute Gasteiger partial charge is 0.0843 e. The monoisotopic (exact) mass is 456 g/mol. The molecule has 0 aromatic heterocycles. The lowest BCUT2D eigenvalue weighted by Gasteiger charge is -2.21. The van der Waals surface area contributed by atoms with E-state index in [2.05, 4.69) is 105 Å². The van der Waals surface area contributed by atoms with E-state index in [1.807, 2.05) is 12.1 Å². The van der Waals surface area contributed by atoms with Crippen molar-refractivity contribution < 1.29 is 0 Å². The Hall–Kier alpha value is -3.61. The zero-order valence-electron chi connectivity index (χ0n) is 19.4. The van der Waals surface area contributed by atoms with Gasteiger partial charge in [-0.2, -0.15) is 0 Å². The molecule has 6 rings (SSSR count). The van der Waals surface area contributed by atoms with Gasteiger partial charge in [-0.05, 0) is 94.1 Å². The van der Waals surface area contributed by atoms with Crippen molar-refractivity contribution in [3.8, 4) is 44.5 Å². The highest BCUT2D eigenvalue weighted by molar-refractivity contribution is 6.30. The van der Waals surface area contributed by atoms with Gasteiger partial charge in [-0.15, -0.1) is 0 Å². The van der Waals surface area contributed by atoms with Crippen LogP contribution in [0, 0.1) is 13.8 Å². The van der Waals surface area contributed by atoms with Crippen LogP contribution in [0.1, 0.15) is 22.3 Å². The summed E-state index contributed by atoms with van der Waals surface area (Å²) in [4.78, 5) is 0. The van der Waals surface area contributed by atoms with Gasteiger partial charge in [-0.1, -0.05) is 108 Å². The maximum Gasteiger partial charge on any atom is 0.0406 e. The standard InChI is InChI=1S/C33H25Cl/c1-21-7-11-24(12-8-21)32-29(23-15-17-27(34)18-16-23)20-30-28-6-4-3-5-26(28)19-31(30)33(32)25-13-9-22(2)10-14-25/h3-18,20H,19H2,1-2H3. The van der Waals surface area contributed by atoms with Crippen LogP contribution < -0.4 is 0 Å². The van der Waals surface area contributed by atoms with Crippen molar-refractivity contribution in [3.63, 3.8) is 0 Å². The van der Waals surface area contributed by atoms with Crippen LogP contribution >= 0.6 is 11.6 Å². The minimum Gasteiger partial charge on any atom is -0.0843 e. The molecule has 0 unspecified atom stereocenters. The van der Waals surface area contributed by atoms with E-state index in [-0.39, 0.29) is 0 Å². The Morgan fingerprint density at radius 1 is 0.529 bits per heavy atom. The van der Waals surface area contributed by atoms with Gasteiger partial charge in [-0.25, -0.2) is 0 Å². The third-order valence-electron chi connectivity index (χ3n) is 6.95. The average molecular weight is 457 g/mol. The van der Waals surface area contributed by atoms with Crippen LogP contribution in [0.4, 0.5) is 0 Å². The molecule has 0 heterocycles. The lowest BCUT2D eigenvalue weighted by Crippen LogP contribution is -1.97. The second-order valence-electron chi connectivity index (χ2n) is 9.27. The molecule has 0 nitrogen and oxygen atoms in total. The molecule has 0 spiro atoms. The molecule has 0 saturated heterocycles. The molecular formula is C33H25Cl. The van der Waals surface area contributed by atoms with Gasteiger partial charge in [0.05, 0.1) is 0 Å². The van der Waals surface area contributed by atoms with Crippen molar-refractivity contribution in [2.45, 2.75) is 20.3 Å². The molecule has 0 amide bonds. The predicted octanol–water partition coefficient (Wildman–Crippen LogP) is 9.53. The SMILES string of the molecule is Cc1ccc(-c2c(-c3ccc(Cl)cc3)cc3c(c2-c2ccc(C)cc2)Cc2ccccc2-3)cc1. The van der Waals surface area contributed by atoms with Gasteiger partial charge in [0.25, 0.3) is 0 Å². The Bertz CT molecular complexity index is 1510. The summed E-state index contributed by atoms with van der Waals surface area (Å²) in [7, 11) is 0. The fraction of sp³-hybridized carbons (Fsp3) is 0.0909. The molecule has 5 aromatic rings. The summed E-state index contributed by atoms with van der Waals surface area (Å²) in [6.45, 7) is 4.29. The topological polar surface area (TPSA) is 0 Å². The van der Waals surface area contributed by atoms with E-state index in [9.17, 15) is 0 Å². The molecule has 0 saturated carbocycles. The Kier molecular flexibility index (Phi) is 5.12. The second kappa shape index (κ2) is 8.31. The van der Waals surface area contributed by atoms with Crippen LogP contribution in [-0.2, 0) is 6.42 Å². The predicted molar refractivity (Wildman–Crippen MR) is 145 cm³/mol. The molecular weight excluding hydrogens is 432 g/mol. The third-order valence-corrected chi connectivity index (χ3v) is 7.20. The summed E-state index contributed by atoms with van der Waals surface area (Å²) in [6.07, 6.45) is 0.953. The second-order valence-corrected chi connectivity index (χ2v) is 9.71. The molecule has 1 aliphatic carbocycles. The van der Waals surface area contributed by atoms with Gasteiger partial charge in [0.2, 0.25) is 0 Å². The number of rotatable bonds is 3. The summed E-state index contributed by atoms with van der Waals surface area (Å²) in [6, 6.07) is 37.4. The number of hydrogen-bond acceptors (Lipinski definition) is 0. The van der Waals surface area contributed by atoms with Crippen LogP contribution in [0.25, 0.3) is 44.5 Å². The van der Waals surface area contributed by atoms with Gasteiger partial charge in [0, 0.05) is 5.02 Å². The first-order valence-electron chi connectivity index (χ1n) is 11.8. The zero-order chi connectivity index (χ0) is 23.2. The zero-order valence-corrected chi connectivity index (χ0v) is 20.2. The van der Waals surface area contributed by atoms with Crippen LogP contribution in [-0.4, -0.2) is 0 Å². The highest BCUT2D eigenvalue weighted by atomic mass is 35.5. The van der Waals surface area contributed by atoms with Crippen molar-refractivity contribution in [3.05, 3.63) is 130 Å². The van der Waals surface area contributed by atoms with Gasteiger partial charge >= 0.3 is 0 Å². The molecule has 1 aliphatic rings. The minimum absolute atomic E-state index is 0.755. The van der Waals surface area contributed by atoms with E-state index in [0.29, 0.717) is 0 Å². The number of aryl methyl sites for hydroxylation is 2. The van der Waals surface area contributed by atoms with Crippen LogP contribution in [0.5, 0.6) is 0 Å². The maximum absolute atomic E-state index is 6.28. The molecule has 0 bridgehead atoms. The highest BCUT2D eigenvalue weighted by Crippen LogP contribution is 2.50. The summed E-state index contributed by atoms with van der Waals surface area (Å²) in [5.41, 5.74) is 15.6. The lowest BCUT2D eigenvalue weighted by atomic mass is 9.82. The fourth-order valence-electron chi connectivity index (χ4n) is 5.19. The van der Waals surface area contributed by atoms with E-state index in [4.69, 9.17) is 11.6 Å². The average Bonchev–Trinajstić information content (AvgIpc) is 3.23. The Balaban J connectivity index is 1.75. The van der Waals surface area contributed by atoms with Crippen LogP contribution in [0.3, 0.4) is 0 Å². The Morgan fingerprint density at radius 2 is 1.09 bits per heavy atom. The molecule has 5 aromatic carbocycles. The molecule has 164 valence electrons. The summed E-state index contributed by atoms with van der Waals surface area (Å²) in [5, 5.41) is 0.755. The smallest absolute Gasteiger partial charge is 0.0406 e. The van der Waals surface area contributed by atoms with Crippen LogP contribution in [0.2, 0.25) is 5.02 Å². The van der Waals surface area contributed by atoms with Gasteiger partial charge in [0.15, 0.2) is 0 Å². The Morgan fingerprint density at radius 3 is 1.74 bits per heavy atom. The summed E-state index contributed by atoms with van der Waals surface area (Å²) < 4.78 is 0. The molecule has 0 N–H and O–H groups in total. The molecule has 1 heteroatoms. The van der Waals surface area contributed by atoms with Crippen molar-refractivity contribution in [2.24, 2.45) is 0 Å². The third kappa shape index (κ3) is 3.56. The van der Waals surface area contributed by atoms with E-state index in [1.54, 1.807) is 0 Å². The molecule has 0 fully saturated rings. The molecule has 0 atom stereocenters. The van der Waals surface area contributed by atoms with Crippen molar-refractivity contribution >= 4 is 11.6 Å². The first-order chi connectivity index (χ1) is 16.6. The molecule has 0 radical (unpaired) electrons. The van der Waals surface area contributed by atoms with Gasteiger partial charge < -0.3 is 0 Å². The maximum atomic E-state index is 6.28. The number of fused-ring (bicyclic) bond motifs is 3. The fourth-order valence-corrected chi connectivity index (χ4v) is 5.32. The number of hydrogen-bond donors (Lipinski definition) is 0. The first-order valence-corrected chi connectivity index (χ1v) is 12.1. The summed E-state index contributed by atoms with van der Waals surface area (Å²) in [5.74, 6) is 0. The quantitative estimate of drug-likeness (QED) is 0.248. The van der Waals surface area contributed by atoms with E-state index >= 15 is 0 Å². The molecule has 0 aliphatic heterocycles. The minimum atomic E-state index is 0.755. The molecule has 34 heavy (non-hydrogen) atoms. The summed E-state index contributed by atoms with van der Waals surface area (Å²) >= 11 is 6.28. The number of halogens is 1. The van der Waals surface area contributed by atoms with E-state index < -0.39 is 0 Å². The van der Waals surface area contributed by atoms with Gasteiger partial charge in [0.1, 0.15) is 0 Å². The first kappa shape index (κ1) is 21.0. The lowest BCUT2D eigenvalue weighted by molar-refractivity contribution is 1.26. The number of benzene rings is 5. The van der Waals surface area contributed by atoms with Crippen molar-refractivity contribution in [2.75, 3.05) is 0 Å². The Labute approximate surface area is 206 Å². The van der Waals surface area contributed by atoms with Gasteiger partial charge in [-0.3, -0.25) is 0 Å². The van der Waals surface area contributed by atoms with Crippen molar-refractivity contribution in [1.82, 2.24) is 0 Å². The van der Waals surface area contributed by atoms with Crippen LogP contribution in [0.15, 0.2) is 103 Å². The van der Waals surface area contributed by atoms with E-state index in [1.165, 1.54) is 66.8 Å².